The minimum Gasteiger partial charge on any atom is -0.360 e. The van der Waals surface area contributed by atoms with Gasteiger partial charge in [-0.15, -0.1) is 0 Å². The molecule has 0 atom stereocenters. The third kappa shape index (κ3) is 2.33. The van der Waals surface area contributed by atoms with Crippen LogP contribution in [-0.4, -0.2) is 18.6 Å². The second kappa shape index (κ2) is 4.11. The topological polar surface area (TPSA) is 39.9 Å². The van der Waals surface area contributed by atoms with Crippen molar-refractivity contribution < 1.29 is 0 Å². The zero-order valence-corrected chi connectivity index (χ0v) is 8.34. The van der Waals surface area contributed by atoms with Crippen LogP contribution in [0.15, 0.2) is 12.1 Å². The highest BCUT2D eigenvalue weighted by molar-refractivity contribution is 6.29. The van der Waals surface area contributed by atoms with E-state index in [1.165, 1.54) is 0 Å². The largest absolute Gasteiger partial charge is 0.360 e. The molecular formula is C9H10ClN3. The normalized spacial score (nSPS) is 9.38. The van der Waals surface area contributed by atoms with Gasteiger partial charge in [0, 0.05) is 13.6 Å². The van der Waals surface area contributed by atoms with Crippen molar-refractivity contribution in [2.45, 2.75) is 6.92 Å². The molecule has 0 aliphatic carbocycles. The molecule has 4 heteroatoms. The number of anilines is 1. The Kier molecular flexibility index (Phi) is 3.10. The van der Waals surface area contributed by atoms with Crippen molar-refractivity contribution in [2.75, 3.05) is 18.5 Å². The minimum atomic E-state index is 0.356. The summed E-state index contributed by atoms with van der Waals surface area (Å²) in [7, 11) is 1.90. The molecule has 1 rings (SSSR count). The lowest BCUT2D eigenvalue weighted by Crippen LogP contribution is -2.17. The maximum atomic E-state index is 8.69. The van der Waals surface area contributed by atoms with E-state index in [1.54, 1.807) is 12.1 Å². The highest BCUT2D eigenvalue weighted by Crippen LogP contribution is 2.16. The number of pyridine rings is 1. The van der Waals surface area contributed by atoms with Gasteiger partial charge < -0.3 is 4.90 Å². The lowest BCUT2D eigenvalue weighted by atomic mass is 10.3. The molecule has 1 aromatic heterocycles. The van der Waals surface area contributed by atoms with Gasteiger partial charge in [-0.25, -0.2) is 4.98 Å². The SMILES string of the molecule is CCN(C)c1cc(C#N)cc(Cl)n1. The fourth-order valence-corrected chi connectivity index (χ4v) is 1.11. The molecule has 0 saturated heterocycles. The van der Waals surface area contributed by atoms with Gasteiger partial charge in [-0.05, 0) is 19.1 Å². The van der Waals surface area contributed by atoms with Gasteiger partial charge in [0.05, 0.1) is 11.6 Å². The Hall–Kier alpha value is -1.27. The molecular weight excluding hydrogens is 186 g/mol. The van der Waals surface area contributed by atoms with Crippen LogP contribution in [-0.2, 0) is 0 Å². The fourth-order valence-electron chi connectivity index (χ4n) is 0.905. The quantitative estimate of drug-likeness (QED) is 0.679. The molecule has 3 nitrogen and oxygen atoms in total. The van der Waals surface area contributed by atoms with Crippen molar-refractivity contribution in [1.29, 1.82) is 5.26 Å². The van der Waals surface area contributed by atoms with Gasteiger partial charge in [0.2, 0.25) is 0 Å². The van der Waals surface area contributed by atoms with E-state index in [0.29, 0.717) is 10.7 Å². The summed E-state index contributed by atoms with van der Waals surface area (Å²) in [6.07, 6.45) is 0. The molecule has 0 amide bonds. The van der Waals surface area contributed by atoms with Gasteiger partial charge in [0.25, 0.3) is 0 Å². The number of hydrogen-bond acceptors (Lipinski definition) is 3. The smallest absolute Gasteiger partial charge is 0.132 e. The van der Waals surface area contributed by atoms with Crippen molar-refractivity contribution in [2.24, 2.45) is 0 Å². The standard InChI is InChI=1S/C9H10ClN3/c1-3-13(2)9-5-7(6-11)4-8(10)12-9/h4-5H,3H2,1-2H3. The molecule has 0 aliphatic rings. The molecule has 68 valence electrons. The maximum Gasteiger partial charge on any atom is 0.132 e. The van der Waals surface area contributed by atoms with Crippen molar-refractivity contribution in [3.8, 4) is 6.07 Å². The van der Waals surface area contributed by atoms with Gasteiger partial charge in [-0.3, -0.25) is 0 Å². The van der Waals surface area contributed by atoms with Gasteiger partial charge in [0.15, 0.2) is 0 Å². The molecule has 0 N–H and O–H groups in total. The van der Waals surface area contributed by atoms with Crippen LogP contribution in [0.25, 0.3) is 0 Å². The van der Waals surface area contributed by atoms with E-state index in [1.807, 2.05) is 24.9 Å². The second-order valence-electron chi connectivity index (χ2n) is 2.66. The predicted molar refractivity (Wildman–Crippen MR) is 52.9 cm³/mol. The van der Waals surface area contributed by atoms with Crippen LogP contribution in [0.1, 0.15) is 12.5 Å². The highest BCUT2D eigenvalue weighted by atomic mass is 35.5. The van der Waals surface area contributed by atoms with E-state index >= 15 is 0 Å². The van der Waals surface area contributed by atoms with Crippen LogP contribution >= 0.6 is 11.6 Å². The summed E-state index contributed by atoms with van der Waals surface area (Å²) in [4.78, 5) is 6.02. The summed E-state index contributed by atoms with van der Waals surface area (Å²) in [6, 6.07) is 5.30. The molecule has 0 aliphatic heterocycles. The molecule has 0 radical (unpaired) electrons. The summed E-state index contributed by atoms with van der Waals surface area (Å²) in [5.74, 6) is 0.728. The Labute approximate surface area is 82.6 Å². The Balaban J connectivity index is 3.10. The number of nitriles is 1. The van der Waals surface area contributed by atoms with Crippen molar-refractivity contribution in [3.63, 3.8) is 0 Å². The lowest BCUT2D eigenvalue weighted by molar-refractivity contribution is 0.938. The number of aromatic nitrogens is 1. The van der Waals surface area contributed by atoms with Gasteiger partial charge >= 0.3 is 0 Å². The molecule has 1 heterocycles. The number of rotatable bonds is 2. The summed E-state index contributed by atoms with van der Waals surface area (Å²) in [5, 5.41) is 9.04. The molecule has 0 bridgehead atoms. The van der Waals surface area contributed by atoms with Crippen molar-refractivity contribution in [1.82, 2.24) is 4.98 Å². The van der Waals surface area contributed by atoms with Crippen molar-refractivity contribution in [3.05, 3.63) is 22.8 Å². The Bertz CT molecular complexity index is 343. The van der Waals surface area contributed by atoms with E-state index in [-0.39, 0.29) is 0 Å². The molecule has 1 aromatic rings. The van der Waals surface area contributed by atoms with Gasteiger partial charge in [-0.1, -0.05) is 11.6 Å². The summed E-state index contributed by atoms with van der Waals surface area (Å²) in [5.41, 5.74) is 0.537. The Morgan fingerprint density at radius 2 is 2.31 bits per heavy atom. The molecule has 0 unspecified atom stereocenters. The van der Waals surface area contributed by atoms with E-state index in [4.69, 9.17) is 16.9 Å². The summed E-state index contributed by atoms with van der Waals surface area (Å²) >= 11 is 5.74. The van der Waals surface area contributed by atoms with E-state index < -0.39 is 0 Å². The first-order valence-corrected chi connectivity index (χ1v) is 4.34. The first-order valence-electron chi connectivity index (χ1n) is 3.96. The Morgan fingerprint density at radius 1 is 1.62 bits per heavy atom. The number of nitrogens with zero attached hydrogens (tertiary/aromatic N) is 3. The van der Waals surface area contributed by atoms with E-state index in [2.05, 4.69) is 4.98 Å². The number of halogens is 1. The first kappa shape index (κ1) is 9.82. The summed E-state index contributed by atoms with van der Waals surface area (Å²) < 4.78 is 0. The molecule has 0 spiro atoms. The molecule has 13 heavy (non-hydrogen) atoms. The fraction of sp³-hybridized carbons (Fsp3) is 0.333. The molecule has 0 saturated carbocycles. The highest BCUT2D eigenvalue weighted by Gasteiger charge is 2.03. The minimum absolute atomic E-state index is 0.356. The third-order valence-corrected chi connectivity index (χ3v) is 1.97. The molecule has 0 fully saturated rings. The number of hydrogen-bond donors (Lipinski definition) is 0. The van der Waals surface area contributed by atoms with Crippen LogP contribution in [0.4, 0.5) is 5.82 Å². The first-order chi connectivity index (χ1) is 6.17. The predicted octanol–water partition coefficient (Wildman–Crippen LogP) is 2.06. The van der Waals surface area contributed by atoms with Crippen LogP contribution in [0.2, 0.25) is 5.15 Å². The zero-order valence-electron chi connectivity index (χ0n) is 7.58. The summed E-state index contributed by atoms with van der Waals surface area (Å²) in [6.45, 7) is 2.84. The second-order valence-corrected chi connectivity index (χ2v) is 3.05. The van der Waals surface area contributed by atoms with E-state index in [9.17, 15) is 0 Å². The zero-order chi connectivity index (χ0) is 9.84. The van der Waals surface area contributed by atoms with Gasteiger partial charge in [0.1, 0.15) is 11.0 Å². The van der Waals surface area contributed by atoms with Gasteiger partial charge in [-0.2, -0.15) is 5.26 Å². The van der Waals surface area contributed by atoms with Crippen LogP contribution in [0.3, 0.4) is 0 Å². The van der Waals surface area contributed by atoms with Crippen LogP contribution in [0.5, 0.6) is 0 Å². The average Bonchev–Trinajstić information content (AvgIpc) is 2.15. The van der Waals surface area contributed by atoms with Crippen LogP contribution in [0, 0.1) is 11.3 Å². The van der Waals surface area contributed by atoms with Crippen molar-refractivity contribution >= 4 is 17.4 Å². The Morgan fingerprint density at radius 3 is 2.85 bits per heavy atom. The van der Waals surface area contributed by atoms with Crippen LogP contribution < -0.4 is 4.90 Å². The van der Waals surface area contributed by atoms with E-state index in [0.717, 1.165) is 12.4 Å². The molecule has 0 aromatic carbocycles. The third-order valence-electron chi connectivity index (χ3n) is 1.78. The average molecular weight is 196 g/mol. The lowest BCUT2D eigenvalue weighted by Gasteiger charge is -2.15. The maximum absolute atomic E-state index is 8.69. The monoisotopic (exact) mass is 195 g/mol.